The quantitative estimate of drug-likeness (QED) is 0.483. The number of hydrogen-bond donors (Lipinski definition) is 0. The van der Waals surface area contributed by atoms with Gasteiger partial charge in [-0.3, -0.25) is 0 Å². The summed E-state index contributed by atoms with van der Waals surface area (Å²) in [6, 6.07) is 11.3. The van der Waals surface area contributed by atoms with Gasteiger partial charge in [0.25, 0.3) is 10.0 Å². The Morgan fingerprint density at radius 2 is 1.90 bits per heavy atom. The molecule has 0 aliphatic carbocycles. The van der Waals surface area contributed by atoms with Crippen molar-refractivity contribution in [2.24, 2.45) is 0 Å². The highest BCUT2D eigenvalue weighted by molar-refractivity contribution is 7.93. The van der Waals surface area contributed by atoms with Gasteiger partial charge in [0.15, 0.2) is 0 Å². The Kier molecular flexibility index (Phi) is 4.84. The minimum atomic E-state index is -4.05. The first-order chi connectivity index (χ1) is 14.0. The Morgan fingerprint density at radius 3 is 2.59 bits per heavy atom. The number of thiazole rings is 1. The number of aromatic nitrogens is 3. The molecule has 0 saturated heterocycles. The predicted octanol–water partition coefficient (Wildman–Crippen LogP) is 3.49. The zero-order valence-corrected chi connectivity index (χ0v) is 16.7. The number of benzene rings is 2. The lowest BCUT2D eigenvalue weighted by Crippen LogP contribution is -2.26. The second kappa shape index (κ2) is 7.46. The third-order valence-electron chi connectivity index (χ3n) is 4.18. The van der Waals surface area contributed by atoms with E-state index in [1.165, 1.54) is 61.2 Å². The number of ether oxygens (including phenoxy) is 1. The van der Waals surface area contributed by atoms with Crippen molar-refractivity contribution < 1.29 is 13.2 Å². The molecule has 2 aromatic heterocycles. The molecule has 10 heteroatoms. The van der Waals surface area contributed by atoms with E-state index < -0.39 is 10.0 Å². The summed E-state index contributed by atoms with van der Waals surface area (Å²) in [5.41, 5.74) is 0.612. The maximum atomic E-state index is 13.6. The predicted molar refractivity (Wildman–Crippen MR) is 109 cm³/mol. The molecule has 29 heavy (non-hydrogen) atoms. The molecule has 2 heterocycles. The number of rotatable bonds is 5. The van der Waals surface area contributed by atoms with Crippen molar-refractivity contribution in [2.45, 2.75) is 4.90 Å². The van der Waals surface area contributed by atoms with Crippen molar-refractivity contribution in [1.29, 1.82) is 5.26 Å². The van der Waals surface area contributed by atoms with Crippen LogP contribution in [0.2, 0.25) is 0 Å². The van der Waals surface area contributed by atoms with Gasteiger partial charge < -0.3 is 4.74 Å². The van der Waals surface area contributed by atoms with Gasteiger partial charge >= 0.3 is 0 Å². The zero-order valence-electron chi connectivity index (χ0n) is 15.1. The van der Waals surface area contributed by atoms with Gasteiger partial charge in [-0.05, 0) is 24.3 Å². The van der Waals surface area contributed by atoms with E-state index >= 15 is 0 Å². The Morgan fingerprint density at radius 1 is 1.10 bits per heavy atom. The summed E-state index contributed by atoms with van der Waals surface area (Å²) >= 11 is 1.17. The molecule has 0 amide bonds. The van der Waals surface area contributed by atoms with Crippen LogP contribution in [0.4, 0.5) is 10.8 Å². The Balaban J connectivity index is 1.93. The first-order valence-corrected chi connectivity index (χ1v) is 10.6. The van der Waals surface area contributed by atoms with Crippen LogP contribution >= 0.6 is 11.3 Å². The van der Waals surface area contributed by atoms with E-state index in [4.69, 9.17) is 10.00 Å². The van der Waals surface area contributed by atoms with Crippen molar-refractivity contribution >= 4 is 43.0 Å². The topological polar surface area (TPSA) is 109 Å². The molecule has 0 aliphatic rings. The van der Waals surface area contributed by atoms with Crippen LogP contribution in [0.15, 0.2) is 65.3 Å². The van der Waals surface area contributed by atoms with Crippen LogP contribution in [0.1, 0.15) is 5.56 Å². The average Bonchev–Trinajstić information content (AvgIpc) is 3.27. The molecule has 144 valence electrons. The van der Waals surface area contributed by atoms with Gasteiger partial charge in [0.2, 0.25) is 5.13 Å². The number of nitrogens with zero attached hydrogens (tertiary/aromatic N) is 5. The molecule has 4 rings (SSSR count). The van der Waals surface area contributed by atoms with Gasteiger partial charge in [-0.2, -0.15) is 15.5 Å². The lowest BCUT2D eigenvalue weighted by atomic mass is 10.2. The molecular weight excluding hydrogens is 410 g/mol. The zero-order chi connectivity index (χ0) is 20.4. The number of methoxy groups -OCH3 is 1. The fraction of sp³-hybridized carbons (Fsp3) is 0.0526. The fourth-order valence-corrected chi connectivity index (χ4v) is 5.18. The number of sulfonamides is 1. The molecule has 0 unspecified atom stereocenters. The molecule has 4 aromatic rings. The monoisotopic (exact) mass is 423 g/mol. The van der Waals surface area contributed by atoms with Crippen LogP contribution in [-0.4, -0.2) is 30.7 Å². The van der Waals surface area contributed by atoms with Crippen LogP contribution in [0.25, 0.3) is 10.8 Å². The number of hydrogen-bond acceptors (Lipinski definition) is 8. The summed E-state index contributed by atoms with van der Waals surface area (Å²) in [7, 11) is -2.63. The summed E-state index contributed by atoms with van der Waals surface area (Å²) in [4.78, 5) is 4.26. The normalized spacial score (nSPS) is 11.2. The molecule has 0 saturated carbocycles. The Labute approximate surface area is 170 Å². The van der Waals surface area contributed by atoms with E-state index in [9.17, 15) is 8.42 Å². The summed E-state index contributed by atoms with van der Waals surface area (Å²) < 4.78 is 33.8. The Bertz CT molecular complexity index is 1330. The number of fused-ring (bicyclic) bond motifs is 1. The van der Waals surface area contributed by atoms with E-state index in [0.717, 1.165) is 9.69 Å². The Hall–Kier alpha value is -3.55. The SMILES string of the molecule is COc1cc(C#N)ccc1N(c1nccs1)S(=O)(=O)c1ccc2cnncc2c1. The van der Waals surface area contributed by atoms with E-state index in [2.05, 4.69) is 15.2 Å². The van der Waals surface area contributed by atoms with Crippen molar-refractivity contribution in [2.75, 3.05) is 11.4 Å². The summed E-state index contributed by atoms with van der Waals surface area (Å²) in [6.45, 7) is 0. The molecule has 0 N–H and O–H groups in total. The highest BCUT2D eigenvalue weighted by Gasteiger charge is 2.31. The number of nitriles is 1. The van der Waals surface area contributed by atoms with Crippen LogP contribution in [0.3, 0.4) is 0 Å². The van der Waals surface area contributed by atoms with E-state index in [-0.39, 0.29) is 21.5 Å². The second-order valence-electron chi connectivity index (χ2n) is 5.86. The lowest BCUT2D eigenvalue weighted by Gasteiger charge is -2.24. The minimum Gasteiger partial charge on any atom is -0.494 e. The molecular formula is C19H13N5O3S2. The molecule has 0 radical (unpaired) electrons. The second-order valence-corrected chi connectivity index (χ2v) is 8.52. The molecule has 8 nitrogen and oxygen atoms in total. The van der Waals surface area contributed by atoms with Crippen LogP contribution in [0.5, 0.6) is 5.75 Å². The summed E-state index contributed by atoms with van der Waals surface area (Å²) in [5, 5.41) is 20.1. The minimum absolute atomic E-state index is 0.0691. The van der Waals surface area contributed by atoms with Gasteiger partial charge in [-0.1, -0.05) is 6.07 Å². The molecule has 0 bridgehead atoms. The lowest BCUT2D eigenvalue weighted by molar-refractivity contribution is 0.416. The molecule has 0 aliphatic heterocycles. The molecule has 0 fully saturated rings. The summed E-state index contributed by atoms with van der Waals surface area (Å²) in [6.07, 6.45) is 4.59. The van der Waals surface area contributed by atoms with Gasteiger partial charge in [-0.15, -0.1) is 11.3 Å². The molecule has 2 aromatic carbocycles. The summed E-state index contributed by atoms with van der Waals surface area (Å²) in [5.74, 6) is 0.245. The van der Waals surface area contributed by atoms with Gasteiger partial charge in [0, 0.05) is 28.4 Å². The fourth-order valence-electron chi connectivity index (χ4n) is 2.81. The van der Waals surface area contributed by atoms with E-state index in [0.29, 0.717) is 10.9 Å². The maximum Gasteiger partial charge on any atom is 0.270 e. The standard InChI is InChI=1S/C19H13N5O3S2/c1-27-18-8-13(10-20)2-5-17(18)24(19-21-6-7-28-19)29(25,26)16-4-3-14-11-22-23-12-15(14)9-16/h2-9,11-12H,1H3. The number of anilines is 2. The maximum absolute atomic E-state index is 13.6. The third-order valence-corrected chi connectivity index (χ3v) is 6.75. The first-order valence-electron chi connectivity index (χ1n) is 8.28. The third kappa shape index (κ3) is 3.37. The van der Waals surface area contributed by atoms with Gasteiger partial charge in [0.05, 0.1) is 36.0 Å². The van der Waals surface area contributed by atoms with Crippen molar-refractivity contribution in [3.05, 3.63) is 65.9 Å². The first kappa shape index (κ1) is 18.8. The highest BCUT2D eigenvalue weighted by Crippen LogP contribution is 2.40. The van der Waals surface area contributed by atoms with E-state index in [1.54, 1.807) is 17.6 Å². The van der Waals surface area contributed by atoms with E-state index in [1.807, 2.05) is 6.07 Å². The van der Waals surface area contributed by atoms with Crippen LogP contribution in [0, 0.1) is 11.3 Å². The van der Waals surface area contributed by atoms with Crippen molar-refractivity contribution in [3.8, 4) is 11.8 Å². The molecule has 0 atom stereocenters. The van der Waals surface area contributed by atoms with Crippen molar-refractivity contribution in [1.82, 2.24) is 15.2 Å². The van der Waals surface area contributed by atoms with Gasteiger partial charge in [0.1, 0.15) is 11.4 Å². The largest absolute Gasteiger partial charge is 0.494 e. The smallest absolute Gasteiger partial charge is 0.270 e. The highest BCUT2D eigenvalue weighted by atomic mass is 32.2. The van der Waals surface area contributed by atoms with Crippen molar-refractivity contribution in [3.63, 3.8) is 0 Å². The molecule has 0 spiro atoms. The average molecular weight is 423 g/mol. The van der Waals surface area contributed by atoms with Crippen LogP contribution < -0.4 is 9.04 Å². The van der Waals surface area contributed by atoms with Crippen LogP contribution in [-0.2, 0) is 10.0 Å². The van der Waals surface area contributed by atoms with Gasteiger partial charge in [-0.25, -0.2) is 17.7 Å².